The molecule has 0 amide bonds. The molecule has 1 unspecified atom stereocenters. The van der Waals surface area contributed by atoms with E-state index in [4.69, 9.17) is 4.42 Å². The highest BCUT2D eigenvalue weighted by atomic mass is 16.3. The molecule has 0 aliphatic heterocycles. The number of carbonyl (C=O) groups is 1. The fraction of sp³-hybridized carbons (Fsp3) is 0.222. The number of furan rings is 1. The van der Waals surface area contributed by atoms with Crippen LogP contribution in [0.25, 0.3) is 6.08 Å². The van der Waals surface area contributed by atoms with Gasteiger partial charge in [0.15, 0.2) is 0 Å². The van der Waals surface area contributed by atoms with Crippen molar-refractivity contribution in [3.63, 3.8) is 0 Å². The maximum Gasteiger partial charge on any atom is 0.127 e. The molecule has 11 heavy (non-hydrogen) atoms. The van der Waals surface area contributed by atoms with Crippen molar-refractivity contribution < 1.29 is 9.21 Å². The van der Waals surface area contributed by atoms with Gasteiger partial charge in [-0.1, -0.05) is 5.57 Å². The number of hydrogen-bond donors (Lipinski definition) is 0. The lowest BCUT2D eigenvalue weighted by Crippen LogP contribution is -1.70. The van der Waals surface area contributed by atoms with Crippen LogP contribution in [0.15, 0.2) is 28.4 Å². The van der Waals surface area contributed by atoms with Crippen LogP contribution in [0.3, 0.4) is 0 Å². The van der Waals surface area contributed by atoms with Crippen LogP contribution < -0.4 is 0 Å². The van der Waals surface area contributed by atoms with E-state index in [1.54, 1.807) is 6.26 Å². The Morgan fingerprint density at radius 2 is 2.55 bits per heavy atom. The minimum absolute atomic E-state index is 0.167. The molecule has 2 heteroatoms. The minimum atomic E-state index is 0.167. The molecule has 0 spiro atoms. The minimum Gasteiger partial charge on any atom is -0.465 e. The van der Waals surface area contributed by atoms with Gasteiger partial charge in [-0.25, -0.2) is 0 Å². The standard InChI is InChI=1S/C9H8O2/c10-6-8-4-7(8)5-9-2-1-3-11-9/h1-3,5-6,8H,4H2/b7-5+. The summed E-state index contributed by atoms with van der Waals surface area (Å²) in [7, 11) is 0. The van der Waals surface area contributed by atoms with Crippen LogP contribution in [0.5, 0.6) is 0 Å². The van der Waals surface area contributed by atoms with E-state index in [0.29, 0.717) is 0 Å². The lowest BCUT2D eigenvalue weighted by molar-refractivity contribution is -0.108. The summed E-state index contributed by atoms with van der Waals surface area (Å²) in [6.07, 6.45) is 5.45. The fourth-order valence-electron chi connectivity index (χ4n) is 1.05. The molecular weight excluding hydrogens is 140 g/mol. The topological polar surface area (TPSA) is 30.2 Å². The Kier molecular flexibility index (Phi) is 1.39. The Morgan fingerprint density at radius 1 is 1.64 bits per heavy atom. The zero-order chi connectivity index (χ0) is 7.68. The maximum absolute atomic E-state index is 10.2. The van der Waals surface area contributed by atoms with Crippen molar-refractivity contribution in [2.24, 2.45) is 5.92 Å². The molecular formula is C9H8O2. The zero-order valence-corrected chi connectivity index (χ0v) is 5.99. The molecule has 1 aliphatic carbocycles. The molecule has 1 heterocycles. The molecule has 1 aromatic rings. The first-order valence-electron chi connectivity index (χ1n) is 3.59. The zero-order valence-electron chi connectivity index (χ0n) is 5.99. The van der Waals surface area contributed by atoms with Crippen LogP contribution in [0, 0.1) is 5.92 Å². The Hall–Kier alpha value is -1.31. The highest BCUT2D eigenvalue weighted by Gasteiger charge is 2.28. The Morgan fingerprint density at radius 3 is 3.09 bits per heavy atom. The Balaban J connectivity index is 2.12. The summed E-state index contributed by atoms with van der Waals surface area (Å²) in [6, 6.07) is 3.72. The monoisotopic (exact) mass is 148 g/mol. The normalized spacial score (nSPS) is 25.5. The first-order chi connectivity index (χ1) is 5.40. The van der Waals surface area contributed by atoms with Crippen molar-refractivity contribution in [1.29, 1.82) is 0 Å². The number of allylic oxidation sites excluding steroid dienone is 1. The smallest absolute Gasteiger partial charge is 0.127 e. The largest absolute Gasteiger partial charge is 0.465 e. The van der Waals surface area contributed by atoms with Gasteiger partial charge >= 0.3 is 0 Å². The number of rotatable bonds is 2. The summed E-state index contributed by atoms with van der Waals surface area (Å²) in [5, 5.41) is 0. The van der Waals surface area contributed by atoms with E-state index < -0.39 is 0 Å². The van der Waals surface area contributed by atoms with Gasteiger partial charge in [0.2, 0.25) is 0 Å². The van der Waals surface area contributed by atoms with Gasteiger partial charge in [-0.15, -0.1) is 0 Å². The van der Waals surface area contributed by atoms with Crippen molar-refractivity contribution in [3.8, 4) is 0 Å². The van der Waals surface area contributed by atoms with Crippen LogP contribution >= 0.6 is 0 Å². The molecule has 1 aromatic heterocycles. The van der Waals surface area contributed by atoms with E-state index in [0.717, 1.165) is 18.5 Å². The number of hydrogen-bond acceptors (Lipinski definition) is 2. The van der Waals surface area contributed by atoms with Gasteiger partial charge in [-0.05, 0) is 24.6 Å². The van der Waals surface area contributed by atoms with Crippen molar-refractivity contribution >= 4 is 12.4 Å². The van der Waals surface area contributed by atoms with Crippen molar-refractivity contribution in [3.05, 3.63) is 29.7 Å². The van der Waals surface area contributed by atoms with Crippen molar-refractivity contribution in [1.82, 2.24) is 0 Å². The van der Waals surface area contributed by atoms with E-state index in [1.165, 1.54) is 5.57 Å². The molecule has 1 atom stereocenters. The first kappa shape index (κ1) is 6.40. The third-order valence-corrected chi connectivity index (χ3v) is 1.81. The third-order valence-electron chi connectivity index (χ3n) is 1.81. The van der Waals surface area contributed by atoms with E-state index in [9.17, 15) is 4.79 Å². The van der Waals surface area contributed by atoms with Gasteiger partial charge in [0.05, 0.1) is 6.26 Å². The summed E-state index contributed by atoms with van der Waals surface area (Å²) < 4.78 is 5.08. The average molecular weight is 148 g/mol. The highest BCUT2D eigenvalue weighted by Crippen LogP contribution is 2.37. The maximum atomic E-state index is 10.2. The van der Waals surface area contributed by atoms with Gasteiger partial charge in [-0.3, -0.25) is 0 Å². The predicted molar refractivity (Wildman–Crippen MR) is 40.9 cm³/mol. The molecule has 2 nitrogen and oxygen atoms in total. The molecule has 0 aromatic carbocycles. The van der Waals surface area contributed by atoms with Crippen molar-refractivity contribution in [2.75, 3.05) is 0 Å². The second kappa shape index (κ2) is 2.38. The van der Waals surface area contributed by atoms with E-state index in [2.05, 4.69) is 0 Å². The molecule has 1 saturated carbocycles. The lowest BCUT2D eigenvalue weighted by atomic mass is 10.3. The van der Waals surface area contributed by atoms with Gasteiger partial charge in [0.25, 0.3) is 0 Å². The van der Waals surface area contributed by atoms with Crippen LogP contribution in [0.4, 0.5) is 0 Å². The summed E-state index contributed by atoms with van der Waals surface area (Å²) in [6.45, 7) is 0. The number of aldehydes is 1. The molecule has 0 saturated heterocycles. The predicted octanol–water partition coefficient (Wildman–Crippen LogP) is 1.88. The Bertz CT molecular complexity index is 283. The van der Waals surface area contributed by atoms with E-state index in [1.807, 2.05) is 18.2 Å². The molecule has 56 valence electrons. The molecule has 1 aliphatic rings. The van der Waals surface area contributed by atoms with E-state index >= 15 is 0 Å². The number of carbonyl (C=O) groups excluding carboxylic acids is 1. The van der Waals surface area contributed by atoms with Crippen LogP contribution in [-0.2, 0) is 4.79 Å². The van der Waals surface area contributed by atoms with E-state index in [-0.39, 0.29) is 5.92 Å². The van der Waals surface area contributed by atoms with Crippen LogP contribution in [-0.4, -0.2) is 6.29 Å². The van der Waals surface area contributed by atoms with Crippen molar-refractivity contribution in [2.45, 2.75) is 6.42 Å². The second-order valence-corrected chi connectivity index (χ2v) is 2.68. The Labute approximate surface area is 64.5 Å². The third kappa shape index (κ3) is 1.24. The van der Waals surface area contributed by atoms with Gasteiger partial charge < -0.3 is 9.21 Å². The quantitative estimate of drug-likeness (QED) is 0.599. The molecule has 0 N–H and O–H groups in total. The summed E-state index contributed by atoms with van der Waals surface area (Å²) >= 11 is 0. The average Bonchev–Trinajstić information content (AvgIpc) is 2.54. The summed E-state index contributed by atoms with van der Waals surface area (Å²) in [5.41, 5.74) is 1.18. The van der Waals surface area contributed by atoms with Gasteiger partial charge in [0.1, 0.15) is 12.0 Å². The highest BCUT2D eigenvalue weighted by molar-refractivity contribution is 5.72. The molecule has 1 fully saturated rings. The first-order valence-corrected chi connectivity index (χ1v) is 3.59. The van der Waals surface area contributed by atoms with Gasteiger partial charge in [-0.2, -0.15) is 0 Å². The fourth-order valence-corrected chi connectivity index (χ4v) is 1.05. The summed E-state index contributed by atoms with van der Waals surface area (Å²) in [5.74, 6) is 1.00. The van der Waals surface area contributed by atoms with Gasteiger partial charge in [0, 0.05) is 5.92 Å². The second-order valence-electron chi connectivity index (χ2n) is 2.68. The molecule has 2 rings (SSSR count). The molecule has 0 bridgehead atoms. The molecule has 0 radical (unpaired) electrons. The summed E-state index contributed by atoms with van der Waals surface area (Å²) in [4.78, 5) is 10.2. The SMILES string of the molecule is O=CC1C/C1=C\c1ccco1. The van der Waals surface area contributed by atoms with Crippen LogP contribution in [0.2, 0.25) is 0 Å². The van der Waals surface area contributed by atoms with Crippen LogP contribution in [0.1, 0.15) is 12.2 Å². The lowest BCUT2D eigenvalue weighted by Gasteiger charge is -1.79.